The lowest BCUT2D eigenvalue weighted by Crippen LogP contribution is -2.50. The van der Waals surface area contributed by atoms with Crippen LogP contribution in [-0.2, 0) is 0 Å². The Morgan fingerprint density at radius 3 is 2.56 bits per heavy atom. The van der Waals surface area contributed by atoms with Crippen molar-refractivity contribution in [1.29, 1.82) is 0 Å². The van der Waals surface area contributed by atoms with E-state index in [1.165, 1.54) is 25.0 Å². The number of benzene rings is 2. The maximum atomic E-state index is 13.7. The summed E-state index contributed by atoms with van der Waals surface area (Å²) >= 11 is 7.49. The lowest BCUT2D eigenvalue weighted by Gasteiger charge is -2.37. The number of thiocarbonyl (C=S) groups is 1. The molecule has 34 heavy (non-hydrogen) atoms. The second kappa shape index (κ2) is 8.92. The molecule has 1 saturated heterocycles. The van der Waals surface area contributed by atoms with Gasteiger partial charge in [-0.05, 0) is 79.5 Å². The van der Waals surface area contributed by atoms with Crippen molar-refractivity contribution in [3.05, 3.63) is 54.6 Å². The van der Waals surface area contributed by atoms with Gasteiger partial charge in [-0.1, -0.05) is 0 Å². The molecule has 3 heterocycles. The zero-order valence-corrected chi connectivity index (χ0v) is 20.1. The SMILES string of the molecule is Fc1ccc2c(c1)[nH]c1ncnc(N3CCN(C(=S)Nc4ccc(NSC5CC5)cc4)CC3)c12. The number of anilines is 3. The molecule has 1 saturated carbocycles. The summed E-state index contributed by atoms with van der Waals surface area (Å²) in [6, 6.07) is 13.0. The lowest BCUT2D eigenvalue weighted by atomic mass is 10.2. The molecule has 2 fully saturated rings. The Balaban J connectivity index is 1.11. The van der Waals surface area contributed by atoms with Crippen molar-refractivity contribution >= 4 is 68.4 Å². The van der Waals surface area contributed by atoms with Crippen molar-refractivity contribution in [2.45, 2.75) is 18.1 Å². The zero-order chi connectivity index (χ0) is 23.1. The van der Waals surface area contributed by atoms with E-state index >= 15 is 0 Å². The molecule has 0 bridgehead atoms. The molecule has 2 aromatic heterocycles. The monoisotopic (exact) mass is 493 g/mol. The van der Waals surface area contributed by atoms with Crippen molar-refractivity contribution in [3.8, 4) is 0 Å². The Labute approximate surface area is 206 Å². The number of fused-ring (bicyclic) bond motifs is 3. The van der Waals surface area contributed by atoms with Crippen LogP contribution in [0.5, 0.6) is 0 Å². The van der Waals surface area contributed by atoms with Gasteiger partial charge >= 0.3 is 0 Å². The van der Waals surface area contributed by atoms with Crippen LogP contribution in [0.2, 0.25) is 0 Å². The average Bonchev–Trinajstić information content (AvgIpc) is 3.62. The van der Waals surface area contributed by atoms with E-state index in [4.69, 9.17) is 12.2 Å². The molecule has 4 aromatic rings. The van der Waals surface area contributed by atoms with E-state index in [0.29, 0.717) is 0 Å². The highest BCUT2D eigenvalue weighted by Gasteiger charge is 2.24. The van der Waals surface area contributed by atoms with E-state index in [9.17, 15) is 4.39 Å². The second-order valence-electron chi connectivity index (χ2n) is 8.64. The third kappa shape index (κ3) is 4.35. The van der Waals surface area contributed by atoms with E-state index in [2.05, 4.69) is 59.1 Å². The van der Waals surface area contributed by atoms with E-state index in [1.54, 1.807) is 24.3 Å². The minimum absolute atomic E-state index is 0.272. The van der Waals surface area contributed by atoms with E-state index in [-0.39, 0.29) is 5.82 Å². The summed E-state index contributed by atoms with van der Waals surface area (Å²) in [5.74, 6) is 0.597. The molecule has 0 amide bonds. The van der Waals surface area contributed by atoms with Crippen LogP contribution in [-0.4, -0.2) is 56.4 Å². The molecular formula is C24H24FN7S2. The van der Waals surface area contributed by atoms with Crippen LogP contribution in [0.3, 0.4) is 0 Å². The standard InChI is InChI=1S/C24H24FN7S2/c25-15-1-8-19-20(13-15)29-22-21(19)23(27-14-26-22)31-9-11-32(12-10-31)24(33)28-16-2-4-17(5-3-16)30-34-18-6-7-18/h1-5,8,13-14,18,30H,6-7,9-12H2,(H,28,33)(H,26,27,29). The molecule has 0 atom stereocenters. The molecule has 0 radical (unpaired) electrons. The number of nitrogens with zero attached hydrogens (tertiary/aromatic N) is 4. The van der Waals surface area contributed by atoms with Crippen molar-refractivity contribution in [2.75, 3.05) is 41.1 Å². The highest BCUT2D eigenvalue weighted by atomic mass is 32.2. The molecule has 7 nitrogen and oxygen atoms in total. The number of H-pyrrole nitrogens is 1. The van der Waals surface area contributed by atoms with Crippen LogP contribution < -0.4 is 14.9 Å². The van der Waals surface area contributed by atoms with E-state index in [1.807, 2.05) is 0 Å². The first kappa shape index (κ1) is 21.4. The molecule has 10 heteroatoms. The van der Waals surface area contributed by atoms with Gasteiger partial charge in [0.15, 0.2) is 5.11 Å². The number of rotatable bonds is 5. The van der Waals surface area contributed by atoms with Crippen LogP contribution in [0, 0.1) is 5.82 Å². The first-order valence-electron chi connectivity index (χ1n) is 11.4. The van der Waals surface area contributed by atoms with Crippen molar-refractivity contribution in [2.24, 2.45) is 0 Å². The minimum atomic E-state index is -0.272. The maximum absolute atomic E-state index is 13.7. The van der Waals surface area contributed by atoms with Gasteiger partial charge in [0.2, 0.25) is 0 Å². The third-order valence-corrected chi connectivity index (χ3v) is 7.72. The Morgan fingerprint density at radius 1 is 1.03 bits per heavy atom. The van der Waals surface area contributed by atoms with Gasteiger partial charge < -0.3 is 24.8 Å². The highest BCUT2D eigenvalue weighted by molar-refractivity contribution is 8.01. The van der Waals surface area contributed by atoms with Crippen LogP contribution in [0.4, 0.5) is 21.6 Å². The van der Waals surface area contributed by atoms with Gasteiger partial charge in [0, 0.05) is 48.2 Å². The van der Waals surface area contributed by atoms with Crippen LogP contribution in [0.25, 0.3) is 21.9 Å². The molecule has 2 aliphatic rings. The number of hydrogen-bond donors (Lipinski definition) is 3. The molecule has 3 N–H and O–H groups in total. The Morgan fingerprint density at radius 2 is 1.79 bits per heavy atom. The summed E-state index contributed by atoms with van der Waals surface area (Å²) in [4.78, 5) is 16.6. The molecule has 1 aliphatic carbocycles. The number of aromatic nitrogens is 3. The molecule has 6 rings (SSSR count). The molecule has 0 unspecified atom stereocenters. The van der Waals surface area contributed by atoms with Gasteiger partial charge in [0.05, 0.1) is 10.9 Å². The Kier molecular flexibility index (Phi) is 5.62. The fraction of sp³-hybridized carbons (Fsp3) is 0.292. The number of nitrogens with one attached hydrogen (secondary N) is 3. The minimum Gasteiger partial charge on any atom is -0.352 e. The van der Waals surface area contributed by atoms with Gasteiger partial charge in [-0.25, -0.2) is 14.4 Å². The molecule has 1 aliphatic heterocycles. The summed E-state index contributed by atoms with van der Waals surface area (Å²) in [6.45, 7) is 3.13. The maximum Gasteiger partial charge on any atom is 0.173 e. The smallest absolute Gasteiger partial charge is 0.173 e. The predicted octanol–water partition coefficient (Wildman–Crippen LogP) is 4.99. The van der Waals surface area contributed by atoms with Crippen molar-refractivity contribution in [3.63, 3.8) is 0 Å². The lowest BCUT2D eigenvalue weighted by molar-refractivity contribution is 0.390. The molecule has 2 aromatic carbocycles. The summed E-state index contributed by atoms with van der Waals surface area (Å²) < 4.78 is 17.1. The average molecular weight is 494 g/mol. The fourth-order valence-electron chi connectivity index (χ4n) is 4.21. The van der Waals surface area contributed by atoms with Crippen molar-refractivity contribution in [1.82, 2.24) is 19.9 Å². The fourth-order valence-corrected chi connectivity index (χ4v) is 5.32. The van der Waals surface area contributed by atoms with Gasteiger partial charge in [-0.2, -0.15) is 0 Å². The zero-order valence-electron chi connectivity index (χ0n) is 18.4. The normalized spacial score (nSPS) is 16.3. The van der Waals surface area contributed by atoms with Gasteiger partial charge in [0.25, 0.3) is 0 Å². The summed E-state index contributed by atoms with van der Waals surface area (Å²) in [5.41, 5.74) is 3.54. The summed E-state index contributed by atoms with van der Waals surface area (Å²) in [5, 5.41) is 6.72. The van der Waals surface area contributed by atoms with Gasteiger partial charge in [-0.15, -0.1) is 0 Å². The number of hydrogen-bond acceptors (Lipinski definition) is 6. The second-order valence-corrected chi connectivity index (χ2v) is 10.1. The molecule has 174 valence electrons. The predicted molar refractivity (Wildman–Crippen MR) is 142 cm³/mol. The van der Waals surface area contributed by atoms with Crippen LogP contribution >= 0.6 is 24.2 Å². The third-order valence-electron chi connectivity index (χ3n) is 6.20. The quantitative estimate of drug-likeness (QED) is 0.265. The molecule has 0 spiro atoms. The number of aromatic amines is 1. The number of piperazine rings is 1. The molecular weight excluding hydrogens is 469 g/mol. The van der Waals surface area contributed by atoms with E-state index < -0.39 is 0 Å². The van der Waals surface area contributed by atoms with Gasteiger partial charge in [-0.3, -0.25) is 0 Å². The van der Waals surface area contributed by atoms with Crippen LogP contribution in [0.15, 0.2) is 48.8 Å². The highest BCUT2D eigenvalue weighted by Crippen LogP contribution is 2.34. The van der Waals surface area contributed by atoms with Crippen LogP contribution in [0.1, 0.15) is 12.8 Å². The summed E-state index contributed by atoms with van der Waals surface area (Å²) in [7, 11) is 0. The first-order chi connectivity index (χ1) is 16.6. The van der Waals surface area contributed by atoms with Crippen molar-refractivity contribution < 1.29 is 4.39 Å². The van der Waals surface area contributed by atoms with E-state index in [0.717, 1.165) is 75.7 Å². The number of halogens is 1. The summed E-state index contributed by atoms with van der Waals surface area (Å²) in [6.07, 6.45) is 4.18. The Bertz CT molecular complexity index is 1340. The van der Waals surface area contributed by atoms with Gasteiger partial charge in [0.1, 0.15) is 23.6 Å². The Hall–Kier alpha value is -3.11. The largest absolute Gasteiger partial charge is 0.352 e. The first-order valence-corrected chi connectivity index (χ1v) is 12.7. The topological polar surface area (TPSA) is 72.1 Å².